The van der Waals surface area contributed by atoms with Gasteiger partial charge in [0.25, 0.3) is 0 Å². The highest BCUT2D eigenvalue weighted by Crippen LogP contribution is 2.20. The second kappa shape index (κ2) is 6.83. The first-order valence-electron chi connectivity index (χ1n) is 7.14. The summed E-state index contributed by atoms with van der Waals surface area (Å²) in [7, 11) is -1.84. The standard InChI is InChI=1S/C14H22FN3O2S/c1-3-17-6-8-18(9-7-17)21(19,20)13-4-5-14(15)12(10-13)11-16-2/h4-5,10,16H,3,6-9,11H2,1-2H3. The van der Waals surface area contributed by atoms with E-state index in [1.165, 1.54) is 22.5 Å². The van der Waals surface area contributed by atoms with E-state index in [0.29, 0.717) is 25.2 Å². The van der Waals surface area contributed by atoms with E-state index in [2.05, 4.69) is 17.1 Å². The molecule has 7 heteroatoms. The van der Waals surface area contributed by atoms with Crippen molar-refractivity contribution in [2.24, 2.45) is 0 Å². The molecule has 1 aliphatic rings. The molecule has 5 nitrogen and oxygen atoms in total. The summed E-state index contributed by atoms with van der Waals surface area (Å²) >= 11 is 0. The van der Waals surface area contributed by atoms with Gasteiger partial charge in [-0.1, -0.05) is 6.92 Å². The SMILES string of the molecule is CCN1CCN(S(=O)(=O)c2ccc(F)c(CNC)c2)CC1. The number of rotatable bonds is 5. The molecule has 0 spiro atoms. The number of nitrogens with zero attached hydrogens (tertiary/aromatic N) is 2. The molecule has 1 aromatic carbocycles. The van der Waals surface area contributed by atoms with Gasteiger partial charge in [0.2, 0.25) is 10.0 Å². The molecule has 0 aliphatic carbocycles. The Labute approximate surface area is 125 Å². The molecule has 0 aromatic heterocycles. The Morgan fingerprint density at radius 3 is 2.48 bits per heavy atom. The zero-order chi connectivity index (χ0) is 15.5. The zero-order valence-electron chi connectivity index (χ0n) is 12.5. The molecule has 0 amide bonds. The van der Waals surface area contributed by atoms with E-state index in [1.807, 2.05) is 0 Å². The maximum Gasteiger partial charge on any atom is 0.243 e. The van der Waals surface area contributed by atoms with Crippen molar-refractivity contribution >= 4 is 10.0 Å². The molecular formula is C14H22FN3O2S. The van der Waals surface area contributed by atoms with Crippen molar-refractivity contribution in [3.8, 4) is 0 Å². The second-order valence-corrected chi connectivity index (χ2v) is 7.06. The fourth-order valence-corrected chi connectivity index (χ4v) is 3.95. The van der Waals surface area contributed by atoms with Crippen molar-refractivity contribution in [3.05, 3.63) is 29.6 Å². The molecule has 1 N–H and O–H groups in total. The molecule has 2 rings (SSSR count). The Morgan fingerprint density at radius 2 is 1.90 bits per heavy atom. The van der Waals surface area contributed by atoms with E-state index in [0.717, 1.165) is 19.6 Å². The molecular weight excluding hydrogens is 293 g/mol. The van der Waals surface area contributed by atoms with Gasteiger partial charge in [-0.15, -0.1) is 0 Å². The van der Waals surface area contributed by atoms with Crippen LogP contribution < -0.4 is 5.32 Å². The van der Waals surface area contributed by atoms with Crippen molar-refractivity contribution in [3.63, 3.8) is 0 Å². The summed E-state index contributed by atoms with van der Waals surface area (Å²) in [6.45, 7) is 5.73. The lowest BCUT2D eigenvalue weighted by atomic mass is 10.2. The number of sulfonamides is 1. The van der Waals surface area contributed by atoms with E-state index >= 15 is 0 Å². The van der Waals surface area contributed by atoms with Crippen LogP contribution in [0.15, 0.2) is 23.1 Å². The van der Waals surface area contributed by atoms with Gasteiger partial charge in [0.1, 0.15) is 5.82 Å². The Balaban J connectivity index is 2.22. The van der Waals surface area contributed by atoms with Gasteiger partial charge in [0, 0.05) is 38.3 Å². The van der Waals surface area contributed by atoms with Crippen LogP contribution in [0.2, 0.25) is 0 Å². The quantitative estimate of drug-likeness (QED) is 0.876. The maximum atomic E-state index is 13.6. The number of hydrogen-bond donors (Lipinski definition) is 1. The lowest BCUT2D eigenvalue weighted by molar-refractivity contribution is 0.196. The van der Waals surface area contributed by atoms with Crippen molar-refractivity contribution in [2.75, 3.05) is 39.8 Å². The number of hydrogen-bond acceptors (Lipinski definition) is 4. The minimum Gasteiger partial charge on any atom is -0.316 e. The van der Waals surface area contributed by atoms with Crippen LogP contribution in [0.1, 0.15) is 12.5 Å². The van der Waals surface area contributed by atoms with Crippen LogP contribution in [0.3, 0.4) is 0 Å². The van der Waals surface area contributed by atoms with Gasteiger partial charge in [-0.2, -0.15) is 4.31 Å². The average molecular weight is 315 g/mol. The highest BCUT2D eigenvalue weighted by Gasteiger charge is 2.28. The number of benzene rings is 1. The first-order chi connectivity index (χ1) is 9.98. The molecule has 1 aliphatic heterocycles. The topological polar surface area (TPSA) is 52.7 Å². The normalized spacial score (nSPS) is 18.0. The monoisotopic (exact) mass is 315 g/mol. The molecule has 0 atom stereocenters. The zero-order valence-corrected chi connectivity index (χ0v) is 13.3. The highest BCUT2D eigenvalue weighted by molar-refractivity contribution is 7.89. The highest BCUT2D eigenvalue weighted by atomic mass is 32.2. The van der Waals surface area contributed by atoms with E-state index < -0.39 is 10.0 Å². The van der Waals surface area contributed by atoms with E-state index in [4.69, 9.17) is 0 Å². The summed E-state index contributed by atoms with van der Waals surface area (Å²) < 4.78 is 40.3. The van der Waals surface area contributed by atoms with Gasteiger partial charge >= 0.3 is 0 Å². The minimum atomic E-state index is -3.54. The summed E-state index contributed by atoms with van der Waals surface area (Å²) in [6.07, 6.45) is 0. The van der Waals surface area contributed by atoms with Crippen molar-refractivity contribution in [1.29, 1.82) is 0 Å². The van der Waals surface area contributed by atoms with Crippen LogP contribution in [0.5, 0.6) is 0 Å². The summed E-state index contributed by atoms with van der Waals surface area (Å²) in [5.74, 6) is -0.390. The predicted octanol–water partition coefficient (Wildman–Crippen LogP) is 0.871. The van der Waals surface area contributed by atoms with Crippen LogP contribution in [0.25, 0.3) is 0 Å². The van der Waals surface area contributed by atoms with Crippen LogP contribution in [-0.4, -0.2) is 57.4 Å². The number of piperazine rings is 1. The fourth-order valence-electron chi connectivity index (χ4n) is 2.47. The van der Waals surface area contributed by atoms with Crippen LogP contribution in [0.4, 0.5) is 4.39 Å². The molecule has 1 fully saturated rings. The first-order valence-corrected chi connectivity index (χ1v) is 8.58. The molecule has 0 radical (unpaired) electrons. The minimum absolute atomic E-state index is 0.166. The lowest BCUT2D eigenvalue weighted by Gasteiger charge is -2.33. The second-order valence-electron chi connectivity index (χ2n) is 5.12. The van der Waals surface area contributed by atoms with E-state index in [-0.39, 0.29) is 10.7 Å². The van der Waals surface area contributed by atoms with Crippen molar-refractivity contribution in [2.45, 2.75) is 18.4 Å². The van der Waals surface area contributed by atoms with E-state index in [1.54, 1.807) is 7.05 Å². The van der Waals surface area contributed by atoms with Gasteiger partial charge in [0.15, 0.2) is 0 Å². The Bertz CT molecular complexity index is 584. The van der Waals surface area contributed by atoms with E-state index in [9.17, 15) is 12.8 Å². The number of likely N-dealkylation sites (N-methyl/N-ethyl adjacent to an activating group) is 1. The molecule has 0 unspecified atom stereocenters. The molecule has 0 bridgehead atoms. The number of halogens is 1. The van der Waals surface area contributed by atoms with Crippen molar-refractivity contribution in [1.82, 2.24) is 14.5 Å². The summed E-state index contributed by atoms with van der Waals surface area (Å²) in [5.41, 5.74) is 0.366. The third kappa shape index (κ3) is 3.60. The lowest BCUT2D eigenvalue weighted by Crippen LogP contribution is -2.48. The number of nitrogens with one attached hydrogen (secondary N) is 1. The van der Waals surface area contributed by atoms with Gasteiger partial charge in [-0.3, -0.25) is 0 Å². The summed E-state index contributed by atoms with van der Waals surface area (Å²) in [5, 5.41) is 2.84. The predicted molar refractivity (Wildman–Crippen MR) is 80.0 cm³/mol. The third-order valence-electron chi connectivity index (χ3n) is 3.80. The molecule has 21 heavy (non-hydrogen) atoms. The fraction of sp³-hybridized carbons (Fsp3) is 0.571. The first kappa shape index (κ1) is 16.4. The summed E-state index contributed by atoms with van der Waals surface area (Å²) in [4.78, 5) is 2.38. The average Bonchev–Trinajstić information content (AvgIpc) is 2.49. The van der Waals surface area contributed by atoms with Crippen LogP contribution in [-0.2, 0) is 16.6 Å². The van der Waals surface area contributed by atoms with Crippen LogP contribution >= 0.6 is 0 Å². The Hall–Kier alpha value is -1.02. The molecule has 1 saturated heterocycles. The smallest absolute Gasteiger partial charge is 0.243 e. The molecule has 0 saturated carbocycles. The molecule has 1 heterocycles. The Kier molecular flexibility index (Phi) is 5.32. The summed E-state index contributed by atoms with van der Waals surface area (Å²) in [6, 6.07) is 3.99. The van der Waals surface area contributed by atoms with Gasteiger partial charge in [0.05, 0.1) is 4.90 Å². The van der Waals surface area contributed by atoms with Crippen LogP contribution in [0, 0.1) is 5.82 Å². The van der Waals surface area contributed by atoms with Gasteiger partial charge in [-0.05, 0) is 31.8 Å². The Morgan fingerprint density at radius 1 is 1.24 bits per heavy atom. The van der Waals surface area contributed by atoms with Gasteiger partial charge < -0.3 is 10.2 Å². The largest absolute Gasteiger partial charge is 0.316 e. The van der Waals surface area contributed by atoms with Gasteiger partial charge in [-0.25, -0.2) is 12.8 Å². The third-order valence-corrected chi connectivity index (χ3v) is 5.70. The van der Waals surface area contributed by atoms with Crippen molar-refractivity contribution < 1.29 is 12.8 Å². The maximum absolute atomic E-state index is 13.6. The molecule has 1 aromatic rings. The molecule has 118 valence electrons.